The first-order chi connectivity index (χ1) is 11.7. The quantitative estimate of drug-likeness (QED) is 0.534. The zero-order chi connectivity index (χ0) is 18.6. The molecule has 0 saturated carbocycles. The van der Waals surface area contributed by atoms with Crippen molar-refractivity contribution in [3.05, 3.63) is 34.4 Å². The van der Waals surface area contributed by atoms with E-state index in [1.807, 2.05) is 6.92 Å². The van der Waals surface area contributed by atoms with Crippen LogP contribution in [-0.4, -0.2) is 55.8 Å². The predicted octanol–water partition coefficient (Wildman–Crippen LogP) is 0.894. The van der Waals surface area contributed by atoms with E-state index < -0.39 is 20.9 Å². The van der Waals surface area contributed by atoms with Gasteiger partial charge < -0.3 is 10.6 Å². The van der Waals surface area contributed by atoms with Crippen LogP contribution in [0, 0.1) is 10.1 Å². The summed E-state index contributed by atoms with van der Waals surface area (Å²) < 4.78 is 25.9. The van der Waals surface area contributed by atoms with Gasteiger partial charge in [0.05, 0.1) is 16.4 Å². The maximum atomic E-state index is 12.5. The van der Waals surface area contributed by atoms with Crippen molar-refractivity contribution in [2.24, 2.45) is 0 Å². The van der Waals surface area contributed by atoms with Crippen LogP contribution in [0.1, 0.15) is 19.8 Å². The van der Waals surface area contributed by atoms with Crippen LogP contribution in [0.15, 0.2) is 29.2 Å². The minimum atomic E-state index is -3.99. The van der Waals surface area contributed by atoms with E-state index in [1.165, 1.54) is 25.2 Å². The van der Waals surface area contributed by atoms with Gasteiger partial charge in [-0.25, -0.2) is 8.42 Å². The van der Waals surface area contributed by atoms with Crippen molar-refractivity contribution in [1.29, 1.82) is 0 Å². The molecule has 26 heavy (non-hydrogen) atoms. The monoisotopic (exact) mass is 406 g/mol. The van der Waals surface area contributed by atoms with Gasteiger partial charge in [-0.3, -0.25) is 14.9 Å². The van der Waals surface area contributed by atoms with Crippen LogP contribution in [0.25, 0.3) is 0 Å². The van der Waals surface area contributed by atoms with E-state index in [2.05, 4.69) is 10.6 Å². The van der Waals surface area contributed by atoms with Crippen LogP contribution in [0.3, 0.4) is 0 Å². The first-order valence-electron chi connectivity index (χ1n) is 7.95. The van der Waals surface area contributed by atoms with E-state index in [-0.39, 0.29) is 41.6 Å². The number of nitrogens with one attached hydrogen (secondary N) is 2. The number of nitrogens with zero attached hydrogens (tertiary/aromatic N) is 2. The number of carbonyl (C=O) groups is 1. The van der Waals surface area contributed by atoms with E-state index in [4.69, 9.17) is 0 Å². The Hall–Kier alpha value is -1.75. The number of amides is 1. The summed E-state index contributed by atoms with van der Waals surface area (Å²) in [6.45, 7) is 2.51. The van der Waals surface area contributed by atoms with Crippen LogP contribution in [-0.2, 0) is 14.8 Å². The molecule has 1 fully saturated rings. The van der Waals surface area contributed by atoms with Gasteiger partial charge in [0.25, 0.3) is 5.69 Å². The van der Waals surface area contributed by atoms with Crippen molar-refractivity contribution in [3.63, 3.8) is 0 Å². The Morgan fingerprint density at radius 1 is 1.46 bits per heavy atom. The summed E-state index contributed by atoms with van der Waals surface area (Å²) >= 11 is 0. The number of piperidine rings is 1. The SMILES string of the molecule is CC1NCCCC1NC(=O)CN(C)S(=O)(=O)c1cccc([N+](=O)[O-])c1.Cl. The maximum Gasteiger partial charge on any atom is 0.270 e. The number of hydrogen-bond acceptors (Lipinski definition) is 6. The van der Waals surface area contributed by atoms with Crippen molar-refractivity contribution in [1.82, 2.24) is 14.9 Å². The number of halogens is 1. The molecule has 0 spiro atoms. The Morgan fingerprint density at radius 2 is 2.15 bits per heavy atom. The summed E-state index contributed by atoms with van der Waals surface area (Å²) in [6, 6.07) is 4.84. The van der Waals surface area contributed by atoms with Gasteiger partial charge in [0.15, 0.2) is 0 Å². The van der Waals surface area contributed by atoms with Crippen molar-refractivity contribution in [2.45, 2.75) is 36.7 Å². The number of sulfonamides is 1. The zero-order valence-electron chi connectivity index (χ0n) is 14.5. The molecular formula is C15H23ClN4O5S. The summed E-state index contributed by atoms with van der Waals surface area (Å²) in [5.74, 6) is -0.406. The Balaban J connectivity index is 0.00000338. The highest BCUT2D eigenvalue weighted by atomic mass is 35.5. The smallest absolute Gasteiger partial charge is 0.270 e. The Morgan fingerprint density at radius 3 is 2.77 bits per heavy atom. The molecule has 1 aliphatic rings. The molecule has 2 atom stereocenters. The summed E-state index contributed by atoms with van der Waals surface area (Å²) in [4.78, 5) is 22.1. The number of rotatable bonds is 6. The third kappa shape index (κ3) is 5.37. The summed E-state index contributed by atoms with van der Waals surface area (Å²) in [5.41, 5.74) is -0.318. The number of likely N-dealkylation sites (N-methyl/N-ethyl adjacent to an activating group) is 1. The molecular weight excluding hydrogens is 384 g/mol. The molecule has 1 aliphatic heterocycles. The number of nitro groups is 1. The van der Waals surface area contributed by atoms with Gasteiger partial charge >= 0.3 is 0 Å². The van der Waals surface area contributed by atoms with Gasteiger partial charge in [0, 0.05) is 31.3 Å². The van der Waals surface area contributed by atoms with E-state index in [0.717, 1.165) is 29.8 Å². The molecule has 1 saturated heterocycles. The van der Waals surface area contributed by atoms with E-state index in [9.17, 15) is 23.3 Å². The summed E-state index contributed by atoms with van der Waals surface area (Å²) in [5, 5.41) is 16.9. The Kier molecular flexibility index (Phi) is 7.94. The standard InChI is InChI=1S/C15H22N4O5S.ClH/c1-11-14(7-4-8-16-11)17-15(20)10-18(2)25(23,24)13-6-3-5-12(9-13)19(21)22;/h3,5-6,9,11,14,16H,4,7-8,10H2,1-2H3,(H,17,20);1H. The number of nitro benzene ring substituents is 1. The summed E-state index contributed by atoms with van der Waals surface area (Å²) in [7, 11) is -2.72. The van der Waals surface area contributed by atoms with Crippen LogP contribution < -0.4 is 10.6 Å². The van der Waals surface area contributed by atoms with Gasteiger partial charge in [-0.2, -0.15) is 4.31 Å². The van der Waals surface area contributed by atoms with Crippen LogP contribution in [0.4, 0.5) is 5.69 Å². The molecule has 1 aromatic carbocycles. The summed E-state index contributed by atoms with van der Waals surface area (Å²) in [6.07, 6.45) is 1.78. The van der Waals surface area contributed by atoms with Gasteiger partial charge in [0.2, 0.25) is 15.9 Å². The molecule has 0 radical (unpaired) electrons. The molecule has 0 aliphatic carbocycles. The highest BCUT2D eigenvalue weighted by Gasteiger charge is 2.27. The first kappa shape index (κ1) is 22.3. The lowest BCUT2D eigenvalue weighted by Crippen LogP contribution is -2.53. The fourth-order valence-electron chi connectivity index (χ4n) is 2.72. The molecule has 1 amide bonds. The normalized spacial score (nSPS) is 20.3. The molecule has 146 valence electrons. The molecule has 0 aromatic heterocycles. The van der Waals surface area contributed by atoms with Crippen molar-refractivity contribution in [2.75, 3.05) is 20.1 Å². The average molecular weight is 407 g/mol. The fourth-order valence-corrected chi connectivity index (χ4v) is 3.89. The van der Waals surface area contributed by atoms with Gasteiger partial charge in [-0.05, 0) is 32.4 Å². The molecule has 11 heteroatoms. The van der Waals surface area contributed by atoms with E-state index in [1.54, 1.807) is 0 Å². The topological polar surface area (TPSA) is 122 Å². The first-order valence-corrected chi connectivity index (χ1v) is 9.39. The minimum Gasteiger partial charge on any atom is -0.351 e. The van der Waals surface area contributed by atoms with Crippen LogP contribution >= 0.6 is 12.4 Å². The molecule has 2 unspecified atom stereocenters. The second kappa shape index (κ2) is 9.26. The molecule has 9 nitrogen and oxygen atoms in total. The van der Waals surface area contributed by atoms with Gasteiger partial charge in [0.1, 0.15) is 0 Å². The highest BCUT2D eigenvalue weighted by Crippen LogP contribution is 2.20. The molecule has 2 rings (SSSR count). The predicted molar refractivity (Wildman–Crippen MR) is 98.8 cm³/mol. The molecule has 2 N–H and O–H groups in total. The van der Waals surface area contributed by atoms with E-state index >= 15 is 0 Å². The maximum absolute atomic E-state index is 12.5. The zero-order valence-corrected chi connectivity index (χ0v) is 16.2. The third-order valence-corrected chi connectivity index (χ3v) is 6.01. The number of non-ortho nitro benzene ring substituents is 1. The van der Waals surface area contributed by atoms with Crippen LogP contribution in [0.5, 0.6) is 0 Å². The lowest BCUT2D eigenvalue weighted by atomic mass is 10.00. The number of hydrogen-bond donors (Lipinski definition) is 2. The lowest BCUT2D eigenvalue weighted by molar-refractivity contribution is -0.385. The average Bonchev–Trinajstić information content (AvgIpc) is 2.57. The Labute approximate surface area is 158 Å². The molecule has 1 heterocycles. The number of benzene rings is 1. The highest BCUT2D eigenvalue weighted by molar-refractivity contribution is 7.89. The van der Waals surface area contributed by atoms with Crippen LogP contribution in [0.2, 0.25) is 0 Å². The second-order valence-electron chi connectivity index (χ2n) is 6.07. The third-order valence-electron chi connectivity index (χ3n) is 4.21. The van der Waals surface area contributed by atoms with Gasteiger partial charge in [-0.15, -0.1) is 12.4 Å². The lowest BCUT2D eigenvalue weighted by Gasteiger charge is -2.31. The second-order valence-corrected chi connectivity index (χ2v) is 8.12. The van der Waals surface area contributed by atoms with Crippen molar-refractivity contribution < 1.29 is 18.1 Å². The van der Waals surface area contributed by atoms with Crippen molar-refractivity contribution in [3.8, 4) is 0 Å². The molecule has 1 aromatic rings. The largest absolute Gasteiger partial charge is 0.351 e. The van der Waals surface area contributed by atoms with Crippen molar-refractivity contribution >= 4 is 34.0 Å². The number of carbonyl (C=O) groups excluding carboxylic acids is 1. The minimum absolute atomic E-state index is 0. The Bertz CT molecular complexity index is 758. The van der Waals surface area contributed by atoms with Gasteiger partial charge in [-0.1, -0.05) is 6.07 Å². The fraction of sp³-hybridized carbons (Fsp3) is 0.533. The molecule has 0 bridgehead atoms. The van der Waals surface area contributed by atoms with E-state index in [0.29, 0.717) is 0 Å².